The monoisotopic (exact) mass is 280 g/mol. The molecule has 0 heterocycles. The highest BCUT2D eigenvalue weighted by atomic mass is 16.1. The topological polar surface area (TPSA) is 125 Å². The zero-order valence-electron chi connectivity index (χ0n) is 11.0. The van der Waals surface area contributed by atoms with Gasteiger partial charge in [0.05, 0.1) is 16.8 Å². The van der Waals surface area contributed by atoms with E-state index in [1.54, 1.807) is 24.3 Å². The Balaban J connectivity index is 2.37. The summed E-state index contributed by atoms with van der Waals surface area (Å²) in [4.78, 5) is 29.1. The molecule has 6 N–H and O–H groups in total. The fourth-order valence-corrected chi connectivity index (χ4v) is 2.46. The third kappa shape index (κ3) is 1.85. The van der Waals surface area contributed by atoms with Crippen molar-refractivity contribution in [2.75, 3.05) is 5.73 Å². The van der Waals surface area contributed by atoms with Crippen molar-refractivity contribution in [2.24, 2.45) is 16.5 Å². The summed E-state index contributed by atoms with van der Waals surface area (Å²) in [6.07, 6.45) is 0. The lowest BCUT2D eigenvalue weighted by Gasteiger charge is -2.20. The van der Waals surface area contributed by atoms with Gasteiger partial charge >= 0.3 is 0 Å². The number of nitrogens with two attached hydrogens (primary N) is 3. The van der Waals surface area contributed by atoms with E-state index in [1.807, 2.05) is 0 Å². The average molecular weight is 280 g/mol. The molecule has 0 saturated carbocycles. The van der Waals surface area contributed by atoms with Crippen LogP contribution in [0.2, 0.25) is 0 Å². The van der Waals surface area contributed by atoms with Crippen LogP contribution in [-0.2, 0) is 0 Å². The Morgan fingerprint density at radius 3 is 2.00 bits per heavy atom. The van der Waals surface area contributed by atoms with Crippen LogP contribution < -0.4 is 17.2 Å². The van der Waals surface area contributed by atoms with Gasteiger partial charge < -0.3 is 17.2 Å². The van der Waals surface area contributed by atoms with Gasteiger partial charge in [-0.15, -0.1) is 0 Å². The fourth-order valence-electron chi connectivity index (χ4n) is 2.46. The number of aliphatic imine (C=N–C) groups is 1. The second-order valence-electron chi connectivity index (χ2n) is 4.66. The van der Waals surface area contributed by atoms with Gasteiger partial charge in [0.25, 0.3) is 0 Å². The quantitative estimate of drug-likeness (QED) is 0.347. The number of benzene rings is 2. The first-order chi connectivity index (χ1) is 10.0. The molecule has 0 atom stereocenters. The molecular formula is C15H12N4O2. The molecular weight excluding hydrogens is 268 g/mol. The van der Waals surface area contributed by atoms with E-state index in [-0.39, 0.29) is 40.0 Å². The maximum absolute atomic E-state index is 12.6. The molecule has 0 saturated heterocycles. The fraction of sp³-hybridized carbons (Fsp3) is 0. The van der Waals surface area contributed by atoms with Gasteiger partial charge in [-0.05, 0) is 12.1 Å². The van der Waals surface area contributed by atoms with Crippen molar-refractivity contribution < 1.29 is 9.59 Å². The van der Waals surface area contributed by atoms with Crippen molar-refractivity contribution in [3.05, 3.63) is 58.7 Å². The summed E-state index contributed by atoms with van der Waals surface area (Å²) in [5, 5.41) is 0. The van der Waals surface area contributed by atoms with Crippen LogP contribution in [0.5, 0.6) is 0 Å². The standard InChI is InChI=1S/C15H12N4O2/c16-9-5-6-10(19-15(17)18)12-11(9)13(20)7-3-1-2-4-8(7)14(12)21/h1-6H,16H2,(H4,17,18,19). The average Bonchev–Trinajstić information content (AvgIpc) is 2.46. The van der Waals surface area contributed by atoms with Gasteiger partial charge in [-0.3, -0.25) is 9.59 Å². The number of hydrogen-bond acceptors (Lipinski definition) is 4. The second-order valence-corrected chi connectivity index (χ2v) is 4.66. The van der Waals surface area contributed by atoms with Crippen molar-refractivity contribution in [2.45, 2.75) is 0 Å². The van der Waals surface area contributed by atoms with Gasteiger partial charge in [-0.1, -0.05) is 24.3 Å². The second kappa shape index (κ2) is 4.45. The number of hydrogen-bond donors (Lipinski definition) is 3. The third-order valence-electron chi connectivity index (χ3n) is 3.34. The number of rotatable bonds is 1. The molecule has 2 aromatic carbocycles. The molecule has 2 aromatic rings. The summed E-state index contributed by atoms with van der Waals surface area (Å²) in [5.74, 6) is -0.807. The van der Waals surface area contributed by atoms with E-state index in [4.69, 9.17) is 17.2 Å². The molecule has 1 aliphatic rings. The molecule has 3 rings (SSSR count). The van der Waals surface area contributed by atoms with Gasteiger partial charge in [-0.2, -0.15) is 0 Å². The summed E-state index contributed by atoms with van der Waals surface area (Å²) in [7, 11) is 0. The van der Waals surface area contributed by atoms with Crippen LogP contribution in [0.25, 0.3) is 0 Å². The molecule has 0 spiro atoms. The minimum atomic E-state index is -0.312. The number of carbonyl (C=O) groups excluding carboxylic acids is 2. The Morgan fingerprint density at radius 2 is 1.43 bits per heavy atom. The molecule has 0 aliphatic heterocycles. The van der Waals surface area contributed by atoms with Crippen molar-refractivity contribution in [1.82, 2.24) is 0 Å². The first kappa shape index (κ1) is 12.9. The summed E-state index contributed by atoms with van der Waals surface area (Å²) < 4.78 is 0. The molecule has 0 fully saturated rings. The van der Waals surface area contributed by atoms with Crippen LogP contribution in [0.3, 0.4) is 0 Å². The highest BCUT2D eigenvalue weighted by Gasteiger charge is 2.33. The van der Waals surface area contributed by atoms with E-state index >= 15 is 0 Å². The molecule has 6 nitrogen and oxygen atoms in total. The van der Waals surface area contributed by atoms with Gasteiger partial charge in [0, 0.05) is 16.8 Å². The van der Waals surface area contributed by atoms with E-state index in [0.717, 1.165) is 0 Å². The largest absolute Gasteiger partial charge is 0.398 e. The van der Waals surface area contributed by atoms with Crippen LogP contribution in [0.4, 0.5) is 11.4 Å². The Hall–Kier alpha value is -3.15. The molecule has 0 unspecified atom stereocenters. The van der Waals surface area contributed by atoms with E-state index in [0.29, 0.717) is 11.1 Å². The highest BCUT2D eigenvalue weighted by Crippen LogP contribution is 2.36. The molecule has 0 aromatic heterocycles. The number of guanidine groups is 1. The van der Waals surface area contributed by atoms with Crippen LogP contribution in [0.15, 0.2) is 41.4 Å². The number of nitrogen functional groups attached to an aromatic ring is 1. The zero-order valence-corrected chi connectivity index (χ0v) is 11.0. The van der Waals surface area contributed by atoms with Crippen LogP contribution in [0.1, 0.15) is 31.8 Å². The lowest BCUT2D eigenvalue weighted by atomic mass is 9.82. The Kier molecular flexibility index (Phi) is 2.72. The molecule has 0 radical (unpaired) electrons. The minimum Gasteiger partial charge on any atom is -0.398 e. The molecule has 6 heteroatoms. The SMILES string of the molecule is NC(N)=Nc1ccc(N)c2c1C(=O)c1ccccc1C2=O. The number of fused-ring (bicyclic) bond motifs is 2. The summed E-state index contributed by atoms with van der Waals surface area (Å²) in [5.41, 5.74) is 18.0. The lowest BCUT2D eigenvalue weighted by Crippen LogP contribution is -2.24. The Labute approximate surface area is 120 Å². The van der Waals surface area contributed by atoms with Crippen molar-refractivity contribution in [3.8, 4) is 0 Å². The van der Waals surface area contributed by atoms with E-state index in [2.05, 4.69) is 4.99 Å². The van der Waals surface area contributed by atoms with Gasteiger partial charge in [0.1, 0.15) is 0 Å². The predicted octanol–water partition coefficient (Wildman–Crippen LogP) is 0.949. The highest BCUT2D eigenvalue weighted by molar-refractivity contribution is 6.31. The molecule has 104 valence electrons. The maximum atomic E-state index is 12.6. The first-order valence-electron chi connectivity index (χ1n) is 6.21. The normalized spacial score (nSPS) is 12.6. The summed E-state index contributed by atoms with van der Waals surface area (Å²) in [6.45, 7) is 0. The Morgan fingerprint density at radius 1 is 0.857 bits per heavy atom. The van der Waals surface area contributed by atoms with E-state index in [1.165, 1.54) is 12.1 Å². The van der Waals surface area contributed by atoms with E-state index < -0.39 is 0 Å². The van der Waals surface area contributed by atoms with Gasteiger partial charge in [-0.25, -0.2) is 4.99 Å². The number of ketones is 2. The van der Waals surface area contributed by atoms with Crippen molar-refractivity contribution in [1.29, 1.82) is 0 Å². The molecule has 1 aliphatic carbocycles. The molecule has 0 amide bonds. The van der Waals surface area contributed by atoms with Crippen molar-refractivity contribution >= 4 is 28.9 Å². The van der Waals surface area contributed by atoms with Gasteiger partial charge in [0.2, 0.25) is 0 Å². The minimum absolute atomic E-state index is 0.145. The summed E-state index contributed by atoms with van der Waals surface area (Å²) in [6, 6.07) is 9.63. The maximum Gasteiger partial charge on any atom is 0.196 e. The van der Waals surface area contributed by atoms with Gasteiger partial charge in [0.15, 0.2) is 17.5 Å². The molecule has 21 heavy (non-hydrogen) atoms. The smallest absolute Gasteiger partial charge is 0.196 e. The van der Waals surface area contributed by atoms with Crippen LogP contribution >= 0.6 is 0 Å². The number of anilines is 1. The lowest BCUT2D eigenvalue weighted by molar-refractivity contribution is 0.0980. The Bertz CT molecular complexity index is 820. The van der Waals surface area contributed by atoms with E-state index in [9.17, 15) is 9.59 Å². The summed E-state index contributed by atoms with van der Waals surface area (Å²) >= 11 is 0. The van der Waals surface area contributed by atoms with Crippen LogP contribution in [-0.4, -0.2) is 17.5 Å². The zero-order chi connectivity index (χ0) is 15.1. The van der Waals surface area contributed by atoms with Crippen molar-refractivity contribution in [3.63, 3.8) is 0 Å². The number of nitrogens with zero attached hydrogens (tertiary/aromatic N) is 1. The first-order valence-corrected chi connectivity index (χ1v) is 6.21. The molecule has 0 bridgehead atoms. The number of carbonyl (C=O) groups is 2. The predicted molar refractivity (Wildman–Crippen MR) is 79.6 cm³/mol. The third-order valence-corrected chi connectivity index (χ3v) is 3.34. The van der Waals surface area contributed by atoms with Crippen LogP contribution in [0, 0.1) is 0 Å².